The predicted molar refractivity (Wildman–Crippen MR) is 64.1 cm³/mol. The largest absolute Gasteiger partial charge is 0.417 e. The summed E-state index contributed by atoms with van der Waals surface area (Å²) in [7, 11) is 0. The minimum atomic E-state index is -4.49. The molecule has 0 atom stereocenters. The average molecular weight is 256 g/mol. The van der Waals surface area contributed by atoms with E-state index in [1.165, 1.54) is 12.1 Å². The molecule has 0 unspecified atom stereocenters. The Balaban J connectivity index is 2.97. The van der Waals surface area contributed by atoms with Gasteiger partial charge in [-0.3, -0.25) is 0 Å². The fraction of sp³-hybridized carbons (Fsp3) is 0.462. The quantitative estimate of drug-likeness (QED) is 0.867. The molecule has 0 heterocycles. The molecule has 0 aliphatic carbocycles. The Labute approximate surface area is 104 Å². The van der Waals surface area contributed by atoms with Crippen LogP contribution >= 0.6 is 0 Å². The number of hydrogen-bond donors (Lipinski definition) is 1. The molecule has 0 aromatic heterocycles. The fourth-order valence-electron chi connectivity index (χ4n) is 1.36. The molecule has 0 saturated carbocycles. The van der Waals surface area contributed by atoms with Crippen molar-refractivity contribution in [2.45, 2.75) is 26.9 Å². The third kappa shape index (κ3) is 3.95. The number of alkyl halides is 3. The molecule has 0 aliphatic heterocycles. The van der Waals surface area contributed by atoms with Crippen molar-refractivity contribution >= 4 is 5.69 Å². The lowest BCUT2D eigenvalue weighted by Crippen LogP contribution is -2.19. The number of benzene rings is 1. The third-order valence-electron chi connectivity index (χ3n) is 2.27. The topological polar surface area (TPSA) is 35.8 Å². The van der Waals surface area contributed by atoms with Gasteiger partial charge in [0.15, 0.2) is 0 Å². The van der Waals surface area contributed by atoms with Crippen LogP contribution in [0.4, 0.5) is 18.9 Å². The molecule has 1 N–H and O–H groups in total. The summed E-state index contributed by atoms with van der Waals surface area (Å²) in [6, 6.07) is 5.09. The predicted octanol–water partition coefficient (Wildman–Crippen LogP) is 4.04. The van der Waals surface area contributed by atoms with E-state index in [1.807, 2.05) is 20.8 Å². The molecule has 0 amide bonds. The number of rotatable bonds is 2. The number of anilines is 1. The first-order valence-corrected chi connectivity index (χ1v) is 5.49. The van der Waals surface area contributed by atoms with Crippen LogP contribution in [-0.2, 0) is 6.18 Å². The number of nitriles is 1. The van der Waals surface area contributed by atoms with Crippen molar-refractivity contribution in [1.82, 2.24) is 0 Å². The van der Waals surface area contributed by atoms with E-state index in [4.69, 9.17) is 5.26 Å². The van der Waals surface area contributed by atoms with Crippen molar-refractivity contribution in [3.8, 4) is 6.07 Å². The summed E-state index contributed by atoms with van der Waals surface area (Å²) in [5, 5.41) is 11.8. The molecule has 1 rings (SSSR count). The average Bonchev–Trinajstić information content (AvgIpc) is 2.23. The highest BCUT2D eigenvalue weighted by Gasteiger charge is 2.33. The summed E-state index contributed by atoms with van der Waals surface area (Å²) in [5.41, 5.74) is -0.725. The monoisotopic (exact) mass is 256 g/mol. The molecule has 5 heteroatoms. The van der Waals surface area contributed by atoms with Crippen LogP contribution in [0, 0.1) is 16.7 Å². The molecule has 1 aromatic rings. The molecule has 18 heavy (non-hydrogen) atoms. The van der Waals surface area contributed by atoms with Gasteiger partial charge >= 0.3 is 6.18 Å². The Morgan fingerprint density at radius 1 is 1.22 bits per heavy atom. The molecular weight excluding hydrogens is 241 g/mol. The van der Waals surface area contributed by atoms with Crippen molar-refractivity contribution in [2.24, 2.45) is 5.41 Å². The molecule has 0 fully saturated rings. The first kappa shape index (κ1) is 14.4. The SMILES string of the molecule is CC(C)(C)CNc1ccc(C(F)(F)F)c(C#N)c1. The standard InChI is InChI=1S/C13H15F3N2/c1-12(2,3)8-18-10-4-5-11(13(14,15)16)9(6-10)7-17/h4-6,18H,8H2,1-3H3. The second-order valence-corrected chi connectivity index (χ2v) is 5.28. The van der Waals surface area contributed by atoms with Crippen LogP contribution in [-0.4, -0.2) is 6.54 Å². The minimum Gasteiger partial charge on any atom is -0.384 e. The van der Waals surface area contributed by atoms with Gasteiger partial charge in [-0.1, -0.05) is 20.8 Å². The number of nitrogens with one attached hydrogen (secondary N) is 1. The lowest BCUT2D eigenvalue weighted by Gasteiger charge is -2.20. The van der Waals surface area contributed by atoms with Gasteiger partial charge in [0.05, 0.1) is 17.2 Å². The van der Waals surface area contributed by atoms with Gasteiger partial charge in [-0.15, -0.1) is 0 Å². The summed E-state index contributed by atoms with van der Waals surface area (Å²) >= 11 is 0. The highest BCUT2D eigenvalue weighted by Crippen LogP contribution is 2.33. The number of halogens is 3. The first-order valence-electron chi connectivity index (χ1n) is 5.49. The van der Waals surface area contributed by atoms with Crippen LogP contribution in [0.2, 0.25) is 0 Å². The maximum Gasteiger partial charge on any atom is 0.417 e. The Morgan fingerprint density at radius 3 is 2.28 bits per heavy atom. The maximum atomic E-state index is 12.6. The third-order valence-corrected chi connectivity index (χ3v) is 2.27. The lowest BCUT2D eigenvalue weighted by molar-refractivity contribution is -0.137. The van der Waals surface area contributed by atoms with E-state index in [9.17, 15) is 13.2 Å². The normalized spacial score (nSPS) is 12.1. The zero-order chi connectivity index (χ0) is 14.0. The van der Waals surface area contributed by atoms with Crippen molar-refractivity contribution in [3.05, 3.63) is 29.3 Å². The Bertz CT molecular complexity index is 465. The summed E-state index contributed by atoms with van der Waals surface area (Å²) < 4.78 is 37.7. The van der Waals surface area contributed by atoms with Crippen LogP contribution < -0.4 is 5.32 Å². The van der Waals surface area contributed by atoms with Crippen LogP contribution in [0.15, 0.2) is 18.2 Å². The molecule has 0 bridgehead atoms. The van der Waals surface area contributed by atoms with Crippen LogP contribution in [0.3, 0.4) is 0 Å². The van der Waals surface area contributed by atoms with Crippen molar-refractivity contribution < 1.29 is 13.2 Å². The summed E-state index contributed by atoms with van der Waals surface area (Å²) in [4.78, 5) is 0. The van der Waals surface area contributed by atoms with Crippen molar-refractivity contribution in [3.63, 3.8) is 0 Å². The lowest BCUT2D eigenvalue weighted by atomic mass is 9.96. The zero-order valence-electron chi connectivity index (χ0n) is 10.5. The molecular formula is C13H15F3N2. The van der Waals surface area contributed by atoms with E-state index in [0.717, 1.165) is 6.07 Å². The van der Waals surface area contributed by atoms with Gasteiger partial charge < -0.3 is 5.32 Å². The maximum absolute atomic E-state index is 12.6. The smallest absolute Gasteiger partial charge is 0.384 e. The molecule has 0 spiro atoms. The summed E-state index contributed by atoms with van der Waals surface area (Å²) in [6.07, 6.45) is -4.49. The Kier molecular flexibility index (Phi) is 3.90. The Morgan fingerprint density at radius 2 is 1.83 bits per heavy atom. The van der Waals surface area contributed by atoms with Crippen molar-refractivity contribution in [1.29, 1.82) is 5.26 Å². The van der Waals surface area contributed by atoms with E-state index < -0.39 is 11.7 Å². The van der Waals surface area contributed by atoms with Crippen molar-refractivity contribution in [2.75, 3.05) is 11.9 Å². The van der Waals surface area contributed by atoms with Gasteiger partial charge in [0, 0.05) is 12.2 Å². The van der Waals surface area contributed by atoms with Crippen LogP contribution in [0.25, 0.3) is 0 Å². The van der Waals surface area contributed by atoms with E-state index in [0.29, 0.717) is 12.2 Å². The fourth-order valence-corrected chi connectivity index (χ4v) is 1.36. The highest BCUT2D eigenvalue weighted by atomic mass is 19.4. The van der Waals surface area contributed by atoms with E-state index in [1.54, 1.807) is 6.07 Å². The van der Waals surface area contributed by atoms with Gasteiger partial charge in [0.1, 0.15) is 0 Å². The molecule has 0 aliphatic rings. The second kappa shape index (κ2) is 4.89. The van der Waals surface area contributed by atoms with Gasteiger partial charge in [-0.05, 0) is 23.6 Å². The number of nitrogens with zero attached hydrogens (tertiary/aromatic N) is 1. The molecule has 0 radical (unpaired) electrons. The van der Waals surface area contributed by atoms with Crippen LogP contribution in [0.1, 0.15) is 31.9 Å². The zero-order valence-corrected chi connectivity index (χ0v) is 10.5. The minimum absolute atomic E-state index is 0.00943. The van der Waals surface area contributed by atoms with Gasteiger partial charge in [0.25, 0.3) is 0 Å². The second-order valence-electron chi connectivity index (χ2n) is 5.28. The van der Waals surface area contributed by atoms with E-state index in [-0.39, 0.29) is 11.0 Å². The number of hydrogen-bond acceptors (Lipinski definition) is 2. The molecule has 1 aromatic carbocycles. The summed E-state index contributed by atoms with van der Waals surface area (Å²) in [6.45, 7) is 6.64. The van der Waals surface area contributed by atoms with Gasteiger partial charge in [0.2, 0.25) is 0 Å². The van der Waals surface area contributed by atoms with Gasteiger partial charge in [-0.2, -0.15) is 18.4 Å². The highest BCUT2D eigenvalue weighted by molar-refractivity contribution is 5.53. The summed E-state index contributed by atoms with van der Waals surface area (Å²) in [5.74, 6) is 0. The van der Waals surface area contributed by atoms with Crippen LogP contribution in [0.5, 0.6) is 0 Å². The molecule has 0 saturated heterocycles. The first-order chi connectivity index (χ1) is 8.13. The van der Waals surface area contributed by atoms with E-state index in [2.05, 4.69) is 5.32 Å². The molecule has 98 valence electrons. The van der Waals surface area contributed by atoms with Gasteiger partial charge in [-0.25, -0.2) is 0 Å². The Hall–Kier alpha value is -1.70. The molecule has 2 nitrogen and oxygen atoms in total. The van der Waals surface area contributed by atoms with E-state index >= 15 is 0 Å².